The van der Waals surface area contributed by atoms with Crippen LogP contribution in [-0.2, 0) is 19.2 Å². The molecule has 6 radical (unpaired) electrons. The van der Waals surface area contributed by atoms with E-state index in [0.717, 1.165) is 62.5 Å². The van der Waals surface area contributed by atoms with E-state index in [-0.39, 0.29) is 56.6 Å². The Morgan fingerprint density at radius 3 is 1.39 bits per heavy atom. The van der Waals surface area contributed by atoms with Crippen molar-refractivity contribution in [3.63, 3.8) is 0 Å². The fourth-order valence-electron chi connectivity index (χ4n) is 3.14. The summed E-state index contributed by atoms with van der Waals surface area (Å²) in [4.78, 5) is 43.2. The Morgan fingerprint density at radius 2 is 1.06 bits per heavy atom. The predicted octanol–water partition coefficient (Wildman–Crippen LogP) is 2.09. The first-order chi connectivity index (χ1) is 13.9. The van der Waals surface area contributed by atoms with Crippen LogP contribution in [0, 0.1) is 0 Å². The molecule has 3 amide bonds. The van der Waals surface area contributed by atoms with Gasteiger partial charge in [-0.25, -0.2) is 5.48 Å². The summed E-state index contributed by atoms with van der Waals surface area (Å²) in [5, 5.41) is 21.2. The third-order valence-electron chi connectivity index (χ3n) is 4.62. The number of allylic oxidation sites excluding steroid dienone is 2. The number of hydrogen-bond acceptors (Lipinski definition) is 5. The number of carboxylic acid groups (broad SMARTS) is 1. The zero-order valence-corrected chi connectivity index (χ0v) is 17.8. The van der Waals surface area contributed by atoms with Crippen molar-refractivity contribution in [1.82, 2.24) is 16.1 Å². The molecule has 0 aromatic heterocycles. The van der Waals surface area contributed by atoms with Crippen LogP contribution in [0.4, 0.5) is 0 Å². The molecule has 0 spiro atoms. The maximum Gasteiger partial charge on any atom is 0.322 e. The minimum Gasteiger partial charge on any atom is -0.480 e. The minimum atomic E-state index is -1.01. The highest BCUT2D eigenvalue weighted by molar-refractivity contribution is 5.91. The number of carbonyl (C=O) groups is 4. The third-order valence-corrected chi connectivity index (χ3v) is 4.62. The van der Waals surface area contributed by atoms with Gasteiger partial charge in [0.2, 0.25) is 11.8 Å². The second kappa shape index (κ2) is 22.6. The SMILES string of the molecule is C.C.O=C(C=C1CCCCC1)NCC(=O)NO.O=C(O)CNC(=O)C=C1CCCCC1.[B].[B]. The molecule has 11 heteroatoms. The number of rotatable bonds is 6. The van der Waals surface area contributed by atoms with Crippen LogP contribution in [-0.4, -0.2) is 63.9 Å². The van der Waals surface area contributed by atoms with Gasteiger partial charge in [-0.15, -0.1) is 0 Å². The lowest BCUT2D eigenvalue weighted by molar-refractivity contribution is -0.137. The molecule has 0 unspecified atom stereocenters. The first-order valence-corrected chi connectivity index (χ1v) is 10.00. The number of carbonyl (C=O) groups excluding carboxylic acids is 3. The third kappa shape index (κ3) is 19.8. The molecule has 33 heavy (non-hydrogen) atoms. The van der Waals surface area contributed by atoms with E-state index in [0.29, 0.717) is 0 Å². The summed E-state index contributed by atoms with van der Waals surface area (Å²) >= 11 is 0. The summed E-state index contributed by atoms with van der Waals surface area (Å²) in [6.07, 6.45) is 14.0. The summed E-state index contributed by atoms with van der Waals surface area (Å²) in [5.74, 6) is -2.19. The molecule has 2 saturated carbocycles. The van der Waals surface area contributed by atoms with Gasteiger partial charge >= 0.3 is 5.97 Å². The van der Waals surface area contributed by atoms with Crippen molar-refractivity contribution in [1.29, 1.82) is 0 Å². The zero-order valence-electron chi connectivity index (χ0n) is 17.8. The lowest BCUT2D eigenvalue weighted by atomic mass is 9.95. The molecule has 5 N–H and O–H groups in total. The second-order valence-corrected chi connectivity index (χ2v) is 7.09. The molecular formula is C22H39B2N3O6. The largest absolute Gasteiger partial charge is 0.480 e. The topological polar surface area (TPSA) is 145 Å². The Hall–Kier alpha value is -2.55. The van der Waals surface area contributed by atoms with Crippen molar-refractivity contribution >= 4 is 40.5 Å². The second-order valence-electron chi connectivity index (χ2n) is 7.09. The molecule has 2 aliphatic carbocycles. The fourth-order valence-corrected chi connectivity index (χ4v) is 3.14. The van der Waals surface area contributed by atoms with Crippen molar-refractivity contribution in [2.24, 2.45) is 0 Å². The molecule has 0 heterocycles. The lowest BCUT2D eigenvalue weighted by Crippen LogP contribution is -2.34. The Morgan fingerprint density at radius 1 is 0.697 bits per heavy atom. The van der Waals surface area contributed by atoms with Crippen LogP contribution in [0.3, 0.4) is 0 Å². The van der Waals surface area contributed by atoms with Gasteiger partial charge in [-0.2, -0.15) is 0 Å². The summed E-state index contributed by atoms with van der Waals surface area (Å²) in [6.45, 7) is -0.498. The highest BCUT2D eigenvalue weighted by Crippen LogP contribution is 2.22. The van der Waals surface area contributed by atoms with Gasteiger partial charge in [-0.05, 0) is 51.4 Å². The van der Waals surface area contributed by atoms with Crippen molar-refractivity contribution in [3.05, 3.63) is 23.3 Å². The summed E-state index contributed by atoms with van der Waals surface area (Å²) in [6, 6.07) is 0. The quantitative estimate of drug-likeness (QED) is 0.177. The van der Waals surface area contributed by atoms with Crippen LogP contribution in [0.1, 0.15) is 79.1 Å². The van der Waals surface area contributed by atoms with Crippen LogP contribution in [0.25, 0.3) is 0 Å². The summed E-state index contributed by atoms with van der Waals surface area (Å²) < 4.78 is 0. The van der Waals surface area contributed by atoms with Gasteiger partial charge in [0, 0.05) is 29.0 Å². The Labute approximate surface area is 202 Å². The predicted molar refractivity (Wildman–Crippen MR) is 131 cm³/mol. The Bertz CT molecular complexity index is 638. The van der Waals surface area contributed by atoms with E-state index >= 15 is 0 Å². The van der Waals surface area contributed by atoms with E-state index in [2.05, 4.69) is 10.6 Å². The number of nitrogens with one attached hydrogen (secondary N) is 3. The monoisotopic (exact) mass is 463 g/mol. The molecule has 2 fully saturated rings. The maximum absolute atomic E-state index is 11.3. The zero-order chi connectivity index (χ0) is 21.5. The van der Waals surface area contributed by atoms with Crippen LogP contribution < -0.4 is 16.1 Å². The number of hydroxylamine groups is 1. The molecule has 2 rings (SSSR count). The molecule has 0 atom stereocenters. The van der Waals surface area contributed by atoms with Crippen LogP contribution >= 0.6 is 0 Å². The van der Waals surface area contributed by atoms with Crippen LogP contribution in [0.5, 0.6) is 0 Å². The van der Waals surface area contributed by atoms with Crippen LogP contribution in [0.2, 0.25) is 0 Å². The van der Waals surface area contributed by atoms with E-state index in [1.165, 1.54) is 18.3 Å². The molecule has 0 aromatic rings. The van der Waals surface area contributed by atoms with Gasteiger partial charge in [0.1, 0.15) is 6.54 Å². The average Bonchev–Trinajstić information content (AvgIpc) is 2.72. The highest BCUT2D eigenvalue weighted by Gasteiger charge is 2.09. The van der Waals surface area contributed by atoms with Gasteiger partial charge in [-0.1, -0.05) is 38.8 Å². The van der Waals surface area contributed by atoms with Crippen molar-refractivity contribution < 1.29 is 29.5 Å². The van der Waals surface area contributed by atoms with Gasteiger partial charge in [-0.3, -0.25) is 24.4 Å². The molecule has 0 aromatic carbocycles. The Kier molecular flexibility index (Phi) is 25.9. The first kappa shape index (κ1) is 37.7. The fraction of sp³-hybridized carbons (Fsp3) is 0.636. The van der Waals surface area contributed by atoms with Gasteiger partial charge < -0.3 is 15.7 Å². The normalized spacial score (nSPS) is 14.0. The summed E-state index contributed by atoms with van der Waals surface area (Å²) in [7, 11) is 0. The molecule has 9 nitrogen and oxygen atoms in total. The molecular weight excluding hydrogens is 424 g/mol. The number of hydrogen-bond donors (Lipinski definition) is 5. The van der Waals surface area contributed by atoms with Crippen molar-refractivity contribution in [2.75, 3.05) is 13.1 Å². The van der Waals surface area contributed by atoms with E-state index in [9.17, 15) is 19.2 Å². The molecule has 0 bridgehead atoms. The van der Waals surface area contributed by atoms with Crippen LogP contribution in [0.15, 0.2) is 23.3 Å². The lowest BCUT2D eigenvalue weighted by Gasteiger charge is -2.12. The molecule has 184 valence electrons. The molecule has 0 aliphatic heterocycles. The van der Waals surface area contributed by atoms with E-state index in [1.807, 2.05) is 0 Å². The van der Waals surface area contributed by atoms with Crippen molar-refractivity contribution in [2.45, 2.75) is 79.1 Å². The van der Waals surface area contributed by atoms with E-state index in [4.69, 9.17) is 10.3 Å². The maximum atomic E-state index is 11.3. The standard InChI is InChI=1S/C10H16N2O3.C10H15NO3.2CH4.2B/c13-9(11-7-10(14)12-15)6-8-4-2-1-3-5-8;12-9(11-7-10(13)14)6-8-4-2-1-3-5-8;;;;/h6,15H,1-5,7H2,(H,11,13)(H,12,14);6H,1-5,7H2,(H,11,12)(H,13,14);2*1H4;;. The molecule has 2 aliphatic rings. The van der Waals surface area contributed by atoms with Gasteiger partial charge in [0.05, 0.1) is 6.54 Å². The van der Waals surface area contributed by atoms with Gasteiger partial charge in [0.15, 0.2) is 0 Å². The number of amides is 3. The van der Waals surface area contributed by atoms with Crippen molar-refractivity contribution in [3.8, 4) is 0 Å². The Balaban J connectivity index is -0.000000228. The molecule has 0 saturated heterocycles. The average molecular weight is 463 g/mol. The van der Waals surface area contributed by atoms with E-state index < -0.39 is 11.9 Å². The number of aliphatic carboxylic acids is 1. The first-order valence-electron chi connectivity index (χ1n) is 10.00. The highest BCUT2D eigenvalue weighted by atomic mass is 16.5. The minimum absolute atomic E-state index is 0. The van der Waals surface area contributed by atoms with E-state index in [1.54, 1.807) is 12.2 Å². The van der Waals surface area contributed by atoms with Gasteiger partial charge in [0.25, 0.3) is 5.91 Å². The summed E-state index contributed by atoms with van der Waals surface area (Å²) in [5.41, 5.74) is 3.73. The smallest absolute Gasteiger partial charge is 0.322 e. The number of carboxylic acids is 1.